The van der Waals surface area contributed by atoms with E-state index in [-0.39, 0.29) is 31.2 Å². The molecule has 2 aromatic carbocycles. The maximum atomic E-state index is 13.4. The molecule has 0 saturated heterocycles. The van der Waals surface area contributed by atoms with Crippen molar-refractivity contribution in [2.75, 3.05) is 11.9 Å². The second kappa shape index (κ2) is 7.27. The second-order valence-electron chi connectivity index (χ2n) is 6.23. The van der Waals surface area contributed by atoms with Crippen LogP contribution in [0.4, 0.5) is 18.9 Å². The summed E-state index contributed by atoms with van der Waals surface area (Å²) in [5, 5.41) is 5.39. The molecule has 3 nitrogen and oxygen atoms in total. The summed E-state index contributed by atoms with van der Waals surface area (Å²) in [6, 6.07) is 14.2. The molecular formula is C19H19F3N2O. The fraction of sp³-hybridized carbons (Fsp3) is 0.316. The third-order valence-corrected chi connectivity index (χ3v) is 4.39. The van der Waals surface area contributed by atoms with Gasteiger partial charge in [-0.15, -0.1) is 0 Å². The summed E-state index contributed by atoms with van der Waals surface area (Å²) in [6.07, 6.45) is -4.31. The molecule has 1 aliphatic heterocycles. The lowest BCUT2D eigenvalue weighted by atomic mass is 9.90. The molecule has 25 heavy (non-hydrogen) atoms. The molecule has 0 bridgehead atoms. The van der Waals surface area contributed by atoms with Crippen molar-refractivity contribution in [1.82, 2.24) is 5.32 Å². The van der Waals surface area contributed by atoms with Gasteiger partial charge in [0.05, 0.1) is 0 Å². The Morgan fingerprint density at radius 3 is 2.48 bits per heavy atom. The summed E-state index contributed by atoms with van der Waals surface area (Å²) in [5.41, 5.74) is 2.17. The maximum absolute atomic E-state index is 13.4. The van der Waals surface area contributed by atoms with Crippen LogP contribution in [0, 0.1) is 0 Å². The van der Waals surface area contributed by atoms with Gasteiger partial charge in [-0.2, -0.15) is 13.2 Å². The van der Waals surface area contributed by atoms with Crippen LogP contribution in [0.1, 0.15) is 23.5 Å². The zero-order valence-electron chi connectivity index (χ0n) is 13.5. The van der Waals surface area contributed by atoms with Crippen LogP contribution in [0.15, 0.2) is 54.6 Å². The highest BCUT2D eigenvalue weighted by Crippen LogP contribution is 2.32. The fourth-order valence-corrected chi connectivity index (χ4v) is 3.12. The van der Waals surface area contributed by atoms with E-state index in [2.05, 4.69) is 10.6 Å². The van der Waals surface area contributed by atoms with Crippen molar-refractivity contribution in [3.05, 3.63) is 65.7 Å². The lowest BCUT2D eigenvalue weighted by Crippen LogP contribution is -2.46. The van der Waals surface area contributed by atoms with Crippen LogP contribution in [0.5, 0.6) is 0 Å². The van der Waals surface area contributed by atoms with Crippen LogP contribution < -0.4 is 10.6 Å². The third-order valence-electron chi connectivity index (χ3n) is 4.39. The summed E-state index contributed by atoms with van der Waals surface area (Å²) >= 11 is 0. The van der Waals surface area contributed by atoms with E-state index in [1.165, 1.54) is 0 Å². The number of carbonyl (C=O) groups excluding carboxylic acids is 1. The SMILES string of the molecule is O=C1CC(CNC(Cc2ccccc2)C(F)(F)F)c2ccccc2N1. The van der Waals surface area contributed by atoms with Gasteiger partial charge >= 0.3 is 6.18 Å². The first-order valence-corrected chi connectivity index (χ1v) is 8.16. The molecule has 1 amide bonds. The minimum atomic E-state index is -4.35. The van der Waals surface area contributed by atoms with Crippen LogP contribution in [-0.2, 0) is 11.2 Å². The molecule has 1 aliphatic rings. The zero-order valence-corrected chi connectivity index (χ0v) is 13.5. The molecule has 2 unspecified atom stereocenters. The lowest BCUT2D eigenvalue weighted by molar-refractivity contribution is -0.155. The van der Waals surface area contributed by atoms with Crippen LogP contribution in [0.25, 0.3) is 0 Å². The van der Waals surface area contributed by atoms with Crippen LogP contribution in [0.3, 0.4) is 0 Å². The minimum Gasteiger partial charge on any atom is -0.326 e. The monoisotopic (exact) mass is 348 g/mol. The Hall–Kier alpha value is -2.34. The number of amides is 1. The fourth-order valence-electron chi connectivity index (χ4n) is 3.12. The van der Waals surface area contributed by atoms with E-state index in [0.717, 1.165) is 5.56 Å². The Kier molecular flexibility index (Phi) is 5.08. The Morgan fingerprint density at radius 1 is 1.08 bits per heavy atom. The molecule has 0 spiro atoms. The Bertz CT molecular complexity index is 731. The molecule has 2 atom stereocenters. The van der Waals surface area contributed by atoms with Gasteiger partial charge in [-0.3, -0.25) is 4.79 Å². The van der Waals surface area contributed by atoms with E-state index in [9.17, 15) is 18.0 Å². The zero-order chi connectivity index (χ0) is 17.9. The van der Waals surface area contributed by atoms with Gasteiger partial charge in [0.1, 0.15) is 6.04 Å². The van der Waals surface area contributed by atoms with Crippen LogP contribution in [-0.4, -0.2) is 24.7 Å². The van der Waals surface area contributed by atoms with Crippen molar-refractivity contribution < 1.29 is 18.0 Å². The number of hydrogen-bond donors (Lipinski definition) is 2. The van der Waals surface area contributed by atoms with Gasteiger partial charge in [0.2, 0.25) is 5.91 Å². The Labute approximate surface area is 144 Å². The molecule has 132 valence electrons. The van der Waals surface area contributed by atoms with E-state index in [1.54, 1.807) is 42.5 Å². The van der Waals surface area contributed by atoms with Crippen LogP contribution >= 0.6 is 0 Å². The number of anilines is 1. The summed E-state index contributed by atoms with van der Waals surface area (Å²) in [4.78, 5) is 11.8. The third kappa shape index (κ3) is 4.39. The highest BCUT2D eigenvalue weighted by atomic mass is 19.4. The standard InChI is InChI=1S/C19H19F3N2O/c20-19(21,22)17(10-13-6-2-1-3-7-13)23-12-14-11-18(25)24-16-9-5-4-8-15(14)16/h1-9,14,17,23H,10-12H2,(H,24,25). The summed E-state index contributed by atoms with van der Waals surface area (Å²) < 4.78 is 40.2. The Morgan fingerprint density at radius 2 is 1.76 bits per heavy atom. The highest BCUT2D eigenvalue weighted by Gasteiger charge is 2.40. The van der Waals surface area contributed by atoms with Gasteiger partial charge < -0.3 is 10.6 Å². The molecule has 0 fully saturated rings. The normalized spacial score (nSPS) is 18.4. The molecule has 0 radical (unpaired) electrons. The second-order valence-corrected chi connectivity index (χ2v) is 6.23. The van der Waals surface area contributed by atoms with Crippen molar-refractivity contribution in [2.45, 2.75) is 31.0 Å². The van der Waals surface area contributed by atoms with Crippen molar-refractivity contribution >= 4 is 11.6 Å². The largest absolute Gasteiger partial charge is 0.404 e. The quantitative estimate of drug-likeness (QED) is 0.861. The van der Waals surface area contributed by atoms with Crippen molar-refractivity contribution in [2.24, 2.45) is 0 Å². The lowest BCUT2D eigenvalue weighted by Gasteiger charge is -2.29. The predicted molar refractivity (Wildman–Crippen MR) is 90.4 cm³/mol. The molecule has 6 heteroatoms. The van der Waals surface area contributed by atoms with Gasteiger partial charge in [0.25, 0.3) is 0 Å². The molecule has 2 N–H and O–H groups in total. The Balaban J connectivity index is 1.72. The molecule has 0 aliphatic carbocycles. The predicted octanol–water partition coefficient (Wildman–Crippen LogP) is 3.88. The number of nitrogens with one attached hydrogen (secondary N) is 2. The topological polar surface area (TPSA) is 41.1 Å². The first kappa shape index (κ1) is 17.5. The highest BCUT2D eigenvalue weighted by molar-refractivity contribution is 5.94. The van der Waals surface area contributed by atoms with Gasteiger partial charge in [-0.05, 0) is 23.6 Å². The van der Waals surface area contributed by atoms with Crippen molar-refractivity contribution in [1.29, 1.82) is 0 Å². The molecule has 2 aromatic rings. The van der Waals surface area contributed by atoms with Gasteiger partial charge in [-0.25, -0.2) is 0 Å². The number of benzene rings is 2. The first-order valence-electron chi connectivity index (χ1n) is 8.16. The summed E-state index contributed by atoms with van der Waals surface area (Å²) in [7, 11) is 0. The van der Waals surface area contributed by atoms with Gasteiger partial charge in [0.15, 0.2) is 0 Å². The van der Waals surface area contributed by atoms with Gasteiger partial charge in [0, 0.05) is 24.6 Å². The average Bonchev–Trinajstić information content (AvgIpc) is 2.58. The van der Waals surface area contributed by atoms with E-state index < -0.39 is 12.2 Å². The first-order chi connectivity index (χ1) is 11.9. The van der Waals surface area contributed by atoms with E-state index in [1.807, 2.05) is 12.1 Å². The number of para-hydroxylation sites is 1. The number of fused-ring (bicyclic) bond motifs is 1. The number of alkyl halides is 3. The number of carbonyl (C=O) groups is 1. The smallest absolute Gasteiger partial charge is 0.326 e. The maximum Gasteiger partial charge on any atom is 0.404 e. The van der Waals surface area contributed by atoms with E-state index >= 15 is 0 Å². The van der Waals surface area contributed by atoms with E-state index in [4.69, 9.17) is 0 Å². The summed E-state index contributed by atoms with van der Waals surface area (Å²) in [6.45, 7) is 0.0987. The average molecular weight is 348 g/mol. The van der Waals surface area contributed by atoms with E-state index in [0.29, 0.717) is 11.3 Å². The number of hydrogen-bond acceptors (Lipinski definition) is 2. The summed E-state index contributed by atoms with van der Waals surface area (Å²) in [5.74, 6) is -0.442. The molecule has 3 rings (SSSR count). The minimum absolute atomic E-state index is 0.0987. The molecular weight excluding hydrogens is 329 g/mol. The number of rotatable bonds is 5. The van der Waals surface area contributed by atoms with Crippen LogP contribution in [0.2, 0.25) is 0 Å². The van der Waals surface area contributed by atoms with Crippen molar-refractivity contribution in [3.63, 3.8) is 0 Å². The molecule has 1 heterocycles. The van der Waals surface area contributed by atoms with Crippen molar-refractivity contribution in [3.8, 4) is 0 Å². The van der Waals surface area contributed by atoms with Gasteiger partial charge in [-0.1, -0.05) is 48.5 Å². The molecule has 0 aromatic heterocycles. The number of halogens is 3. The molecule has 0 saturated carbocycles.